The second-order valence-corrected chi connectivity index (χ2v) is 6.47. The van der Waals surface area contributed by atoms with Crippen LogP contribution in [0.2, 0.25) is 0 Å². The molecule has 0 spiro atoms. The zero-order valence-corrected chi connectivity index (χ0v) is 15.1. The minimum absolute atomic E-state index is 0.195. The van der Waals surface area contributed by atoms with Crippen molar-refractivity contribution < 1.29 is 5.11 Å². The smallest absolute Gasteiger partial charge is 0.147 e. The lowest BCUT2D eigenvalue weighted by atomic mass is 9.95. The second-order valence-electron chi connectivity index (χ2n) is 6.47. The molecule has 2 heterocycles. The van der Waals surface area contributed by atoms with Crippen LogP contribution in [0.15, 0.2) is 79.1 Å². The van der Waals surface area contributed by atoms with E-state index >= 15 is 0 Å². The third kappa shape index (κ3) is 3.47. The summed E-state index contributed by atoms with van der Waals surface area (Å²) in [6.45, 7) is 2.14. The van der Waals surface area contributed by atoms with Gasteiger partial charge in [-0.1, -0.05) is 55.5 Å². The Hall–Kier alpha value is -3.40. The number of aromatic nitrogens is 2. The highest BCUT2D eigenvalue weighted by molar-refractivity contribution is 5.86. The Kier molecular flexibility index (Phi) is 4.71. The molecule has 0 unspecified atom stereocenters. The van der Waals surface area contributed by atoms with Gasteiger partial charge in [0, 0.05) is 23.3 Å². The molecule has 0 aliphatic carbocycles. The summed E-state index contributed by atoms with van der Waals surface area (Å²) in [6, 6.07) is 21.7. The topological polar surface area (TPSA) is 58.0 Å². The minimum atomic E-state index is -0.239. The third-order valence-corrected chi connectivity index (χ3v) is 4.77. The Morgan fingerprint density at radius 3 is 2.44 bits per heavy atom. The van der Waals surface area contributed by atoms with Crippen LogP contribution in [0.1, 0.15) is 29.7 Å². The van der Waals surface area contributed by atoms with Crippen LogP contribution in [-0.2, 0) is 6.42 Å². The first kappa shape index (κ1) is 17.0. The lowest BCUT2D eigenvalue weighted by Gasteiger charge is -2.22. The molecule has 0 fully saturated rings. The van der Waals surface area contributed by atoms with Gasteiger partial charge in [-0.05, 0) is 35.7 Å². The number of aryl methyl sites for hydroxylation is 1. The molecular formula is C23H21N3O. The number of phenols is 1. The number of rotatable bonds is 5. The number of phenolic OH excluding ortho intramolecular Hbond substituents is 1. The van der Waals surface area contributed by atoms with Gasteiger partial charge < -0.3 is 10.4 Å². The summed E-state index contributed by atoms with van der Waals surface area (Å²) in [5.41, 5.74) is 3.72. The summed E-state index contributed by atoms with van der Waals surface area (Å²) in [5.74, 6) is 0.948. The van der Waals surface area contributed by atoms with Gasteiger partial charge in [0.1, 0.15) is 17.1 Å². The molecule has 0 saturated heterocycles. The molecule has 2 N–H and O–H groups in total. The van der Waals surface area contributed by atoms with Gasteiger partial charge in [0.2, 0.25) is 0 Å². The Morgan fingerprint density at radius 1 is 0.889 bits per heavy atom. The van der Waals surface area contributed by atoms with Crippen molar-refractivity contribution >= 4 is 16.7 Å². The quantitative estimate of drug-likeness (QED) is 0.523. The van der Waals surface area contributed by atoms with Crippen LogP contribution in [0.25, 0.3) is 10.9 Å². The maximum atomic E-state index is 10.9. The number of nitrogens with one attached hydrogen (secondary N) is 1. The summed E-state index contributed by atoms with van der Waals surface area (Å²) in [6.07, 6.45) is 4.44. The van der Waals surface area contributed by atoms with Crippen LogP contribution >= 0.6 is 0 Å². The average molecular weight is 355 g/mol. The fourth-order valence-electron chi connectivity index (χ4n) is 3.26. The number of aromatic hydroxyl groups is 1. The van der Waals surface area contributed by atoms with E-state index in [4.69, 9.17) is 0 Å². The van der Waals surface area contributed by atoms with Crippen LogP contribution < -0.4 is 5.32 Å². The lowest BCUT2D eigenvalue weighted by molar-refractivity contribution is 0.471. The van der Waals surface area contributed by atoms with Crippen molar-refractivity contribution in [3.63, 3.8) is 0 Å². The van der Waals surface area contributed by atoms with Gasteiger partial charge in [0.15, 0.2) is 0 Å². The Balaban J connectivity index is 1.83. The molecular weight excluding hydrogens is 334 g/mol. The van der Waals surface area contributed by atoms with Crippen LogP contribution in [-0.4, -0.2) is 15.1 Å². The maximum Gasteiger partial charge on any atom is 0.147 e. The fourth-order valence-corrected chi connectivity index (χ4v) is 3.26. The molecule has 0 bridgehead atoms. The SMILES string of the molecule is CCc1ccc([C@H](Nc2ccccn2)c2ccc3cccnc3c2O)cc1. The van der Waals surface area contributed by atoms with Crippen molar-refractivity contribution in [2.45, 2.75) is 19.4 Å². The first-order chi connectivity index (χ1) is 13.3. The highest BCUT2D eigenvalue weighted by atomic mass is 16.3. The zero-order chi connectivity index (χ0) is 18.6. The molecule has 1 atom stereocenters. The second kappa shape index (κ2) is 7.46. The summed E-state index contributed by atoms with van der Waals surface area (Å²) in [5, 5.41) is 15.3. The highest BCUT2D eigenvalue weighted by Crippen LogP contribution is 2.36. The number of pyridine rings is 2. The molecule has 0 radical (unpaired) electrons. The van der Waals surface area contributed by atoms with Gasteiger partial charge in [0.05, 0.1) is 6.04 Å². The predicted molar refractivity (Wildman–Crippen MR) is 109 cm³/mol. The molecule has 0 saturated carbocycles. The van der Waals surface area contributed by atoms with Crippen molar-refractivity contribution in [2.75, 3.05) is 5.32 Å². The van der Waals surface area contributed by atoms with E-state index in [1.165, 1.54) is 5.56 Å². The average Bonchev–Trinajstić information content (AvgIpc) is 2.74. The van der Waals surface area contributed by atoms with Gasteiger partial charge in [-0.15, -0.1) is 0 Å². The number of nitrogens with zero attached hydrogens (tertiary/aromatic N) is 2. The molecule has 2 aromatic carbocycles. The predicted octanol–water partition coefficient (Wildman–Crippen LogP) is 5.10. The monoisotopic (exact) mass is 355 g/mol. The molecule has 4 rings (SSSR count). The summed E-state index contributed by atoms with van der Waals surface area (Å²) in [7, 11) is 0. The van der Waals surface area contributed by atoms with E-state index in [9.17, 15) is 5.11 Å². The van der Waals surface area contributed by atoms with E-state index < -0.39 is 0 Å². The Labute approximate surface area is 158 Å². The molecule has 4 aromatic rings. The van der Waals surface area contributed by atoms with E-state index in [1.54, 1.807) is 12.4 Å². The number of hydrogen-bond donors (Lipinski definition) is 2. The van der Waals surface area contributed by atoms with Crippen LogP contribution in [0.4, 0.5) is 5.82 Å². The third-order valence-electron chi connectivity index (χ3n) is 4.77. The van der Waals surface area contributed by atoms with Gasteiger partial charge in [0.25, 0.3) is 0 Å². The maximum absolute atomic E-state index is 10.9. The van der Waals surface area contributed by atoms with Crippen LogP contribution in [0.5, 0.6) is 5.75 Å². The van der Waals surface area contributed by atoms with E-state index in [0.717, 1.165) is 28.8 Å². The number of anilines is 1. The van der Waals surface area contributed by atoms with Crippen molar-refractivity contribution in [3.05, 3.63) is 95.8 Å². The molecule has 27 heavy (non-hydrogen) atoms. The standard InChI is InChI=1S/C23H21N3O/c1-2-16-8-10-18(11-9-16)21(26-20-7-3-4-14-24-20)19-13-12-17-6-5-15-25-22(17)23(19)27/h3-15,21,27H,2H2,1H3,(H,24,26)/t21-/m0/s1. The van der Waals surface area contributed by atoms with Crippen molar-refractivity contribution in [3.8, 4) is 5.75 Å². The van der Waals surface area contributed by atoms with Crippen molar-refractivity contribution in [1.82, 2.24) is 9.97 Å². The first-order valence-electron chi connectivity index (χ1n) is 9.09. The molecule has 2 aromatic heterocycles. The largest absolute Gasteiger partial charge is 0.505 e. The summed E-state index contributed by atoms with van der Waals surface area (Å²) < 4.78 is 0. The molecule has 0 aliphatic rings. The fraction of sp³-hybridized carbons (Fsp3) is 0.130. The molecule has 0 aliphatic heterocycles. The summed E-state index contributed by atoms with van der Waals surface area (Å²) >= 11 is 0. The first-order valence-corrected chi connectivity index (χ1v) is 9.09. The molecule has 0 amide bonds. The van der Waals surface area contributed by atoms with Crippen molar-refractivity contribution in [1.29, 1.82) is 0 Å². The number of fused-ring (bicyclic) bond motifs is 1. The van der Waals surface area contributed by atoms with E-state index in [-0.39, 0.29) is 11.8 Å². The van der Waals surface area contributed by atoms with Gasteiger partial charge in [-0.2, -0.15) is 0 Å². The Bertz CT molecular complexity index is 1050. The number of benzene rings is 2. The van der Waals surface area contributed by atoms with Crippen molar-refractivity contribution in [2.24, 2.45) is 0 Å². The van der Waals surface area contributed by atoms with Gasteiger partial charge in [-0.3, -0.25) is 4.98 Å². The molecule has 4 nitrogen and oxygen atoms in total. The minimum Gasteiger partial charge on any atom is -0.505 e. The zero-order valence-electron chi connectivity index (χ0n) is 15.1. The van der Waals surface area contributed by atoms with Gasteiger partial charge in [-0.25, -0.2) is 4.98 Å². The lowest BCUT2D eigenvalue weighted by Crippen LogP contribution is -2.13. The van der Waals surface area contributed by atoms with E-state index in [2.05, 4.69) is 46.5 Å². The highest BCUT2D eigenvalue weighted by Gasteiger charge is 2.20. The molecule has 4 heteroatoms. The van der Waals surface area contributed by atoms with Crippen LogP contribution in [0, 0.1) is 0 Å². The summed E-state index contributed by atoms with van der Waals surface area (Å²) in [4.78, 5) is 8.75. The van der Waals surface area contributed by atoms with Gasteiger partial charge >= 0.3 is 0 Å². The number of hydrogen-bond acceptors (Lipinski definition) is 4. The molecule has 134 valence electrons. The van der Waals surface area contributed by atoms with Crippen LogP contribution in [0.3, 0.4) is 0 Å². The van der Waals surface area contributed by atoms with E-state index in [0.29, 0.717) is 5.52 Å². The Morgan fingerprint density at radius 2 is 1.70 bits per heavy atom. The normalized spacial score (nSPS) is 12.0. The van der Waals surface area contributed by atoms with E-state index in [1.807, 2.05) is 42.5 Å².